The van der Waals surface area contributed by atoms with Crippen LogP contribution >= 0.6 is 15.9 Å². The molecular weight excluding hydrogens is 255 g/mol. The summed E-state index contributed by atoms with van der Waals surface area (Å²) in [6, 6.07) is 10.0. The first-order valence-corrected chi connectivity index (χ1v) is 6.22. The predicted octanol–water partition coefficient (Wildman–Crippen LogP) is -0.0371. The number of hydroxylamine groups is 1. The second kappa shape index (κ2) is 7.46. The molecule has 0 amide bonds. The van der Waals surface area contributed by atoms with Gasteiger partial charge in [0.25, 0.3) is 0 Å². The van der Waals surface area contributed by atoms with Crippen molar-refractivity contribution in [3.8, 4) is 5.97 Å². The third-order valence-corrected chi connectivity index (χ3v) is 2.56. The number of hydrogen-bond donors (Lipinski definition) is 1. The number of hydrogen-bond acceptors (Lipinski definition) is 2. The highest BCUT2D eigenvalue weighted by atomic mass is 79.9. The van der Waals surface area contributed by atoms with E-state index in [1.165, 1.54) is 0 Å². The van der Waals surface area contributed by atoms with Crippen LogP contribution in [0.4, 0.5) is 0 Å². The Labute approximate surface area is 99.0 Å². The summed E-state index contributed by atoms with van der Waals surface area (Å²) in [5.41, 5.74) is 1.15. The van der Waals surface area contributed by atoms with Gasteiger partial charge in [0.2, 0.25) is 0 Å². The summed E-state index contributed by atoms with van der Waals surface area (Å²) in [7, 11) is -0.702. The van der Waals surface area contributed by atoms with Crippen molar-refractivity contribution < 1.29 is 9.81 Å². The van der Waals surface area contributed by atoms with Crippen LogP contribution < -0.4 is 4.97 Å². The number of halogens is 1. The molecule has 1 unspecified atom stereocenters. The summed E-state index contributed by atoms with van der Waals surface area (Å²) in [5, 5.41) is 9.51. The summed E-state index contributed by atoms with van der Waals surface area (Å²) in [5.74, 6) is 2.23. The molecule has 0 bridgehead atoms. The Kier molecular flexibility index (Phi) is 6.09. The van der Waals surface area contributed by atoms with E-state index in [1.807, 2.05) is 30.3 Å². The van der Waals surface area contributed by atoms with Crippen LogP contribution in [0.1, 0.15) is 5.56 Å². The molecule has 5 heteroatoms. The number of benzene rings is 1. The van der Waals surface area contributed by atoms with Gasteiger partial charge in [-0.05, 0) is 5.56 Å². The van der Waals surface area contributed by atoms with E-state index in [0.717, 1.165) is 22.4 Å². The Balaban J connectivity index is 2.37. The topological polar surface area (TPSA) is 37.5 Å². The van der Waals surface area contributed by atoms with Crippen molar-refractivity contribution in [3.05, 3.63) is 35.9 Å². The number of nitrogens with one attached hydrogen (secondary N) is 1. The van der Waals surface area contributed by atoms with Crippen molar-refractivity contribution in [2.24, 2.45) is 0 Å². The maximum atomic E-state index is 8.65. The van der Waals surface area contributed by atoms with E-state index < -0.39 is 7.41 Å². The fourth-order valence-electron chi connectivity index (χ4n) is 1.31. The van der Waals surface area contributed by atoms with Crippen LogP contribution in [0.5, 0.6) is 0 Å². The van der Waals surface area contributed by atoms with Crippen LogP contribution in [0.25, 0.3) is 0 Å². The van der Waals surface area contributed by atoms with Crippen molar-refractivity contribution in [2.45, 2.75) is 6.61 Å². The highest BCUT2D eigenvalue weighted by molar-refractivity contribution is 9.09. The number of alkyl halides is 1. The maximum absolute atomic E-state index is 8.65. The van der Waals surface area contributed by atoms with Crippen LogP contribution in [0, 0.1) is 11.2 Å². The molecule has 0 saturated carbocycles. The molecule has 1 N–H and O–H groups in total. The summed E-state index contributed by atoms with van der Waals surface area (Å²) in [6.07, 6.45) is 0. The lowest BCUT2D eigenvalue weighted by Gasteiger charge is -2.20. The first-order valence-electron chi connectivity index (χ1n) is 5.10. The maximum Gasteiger partial charge on any atom is 0.309 e. The molecule has 1 aromatic carbocycles. The molecule has 0 aliphatic heterocycles. The normalized spacial score (nSPS) is 12.0. The average Bonchev–Trinajstić information content (AvgIpc) is 2.28. The smallest absolute Gasteiger partial charge is 0.309 e. The second-order valence-corrected chi connectivity index (χ2v) is 4.18. The molecule has 1 rings (SSSR count). The van der Waals surface area contributed by atoms with E-state index in [9.17, 15) is 0 Å². The summed E-state index contributed by atoms with van der Waals surface area (Å²) >= 11 is 3.36. The molecule has 0 spiro atoms. The highest BCUT2D eigenvalue weighted by Crippen LogP contribution is 1.97. The zero-order valence-corrected chi connectivity index (χ0v) is 10.3. The Morgan fingerprint density at radius 1 is 1.40 bits per heavy atom. The zero-order chi connectivity index (χ0) is 10.9. The summed E-state index contributed by atoms with van der Waals surface area (Å²) in [6.45, 7) is 1.43. The number of nitriles is 1. The molecule has 0 aliphatic rings. The van der Waals surface area contributed by atoms with E-state index >= 15 is 0 Å². The van der Waals surface area contributed by atoms with Gasteiger partial charge in [-0.2, -0.15) is 0 Å². The average molecular weight is 269 g/mol. The molecule has 0 aliphatic carbocycles. The Bertz CT molecular complexity index is 315. The third-order valence-electron chi connectivity index (χ3n) is 2.17. The van der Waals surface area contributed by atoms with Crippen LogP contribution in [-0.2, 0) is 11.4 Å². The van der Waals surface area contributed by atoms with Gasteiger partial charge in [-0.15, -0.1) is 0 Å². The van der Waals surface area contributed by atoms with Crippen molar-refractivity contribution in [2.75, 3.05) is 11.9 Å². The van der Waals surface area contributed by atoms with Crippen LogP contribution in [-0.4, -0.2) is 19.3 Å². The van der Waals surface area contributed by atoms with Gasteiger partial charge in [-0.1, -0.05) is 52.2 Å². The van der Waals surface area contributed by atoms with E-state index in [-0.39, 0.29) is 0 Å². The van der Waals surface area contributed by atoms with Crippen molar-refractivity contribution in [1.29, 1.82) is 5.26 Å². The Morgan fingerprint density at radius 2 is 2.13 bits per heavy atom. The summed E-state index contributed by atoms with van der Waals surface area (Å²) < 4.78 is 0. The van der Waals surface area contributed by atoms with Crippen LogP contribution in [0.3, 0.4) is 0 Å². The highest BCUT2D eigenvalue weighted by Gasteiger charge is 2.02. The van der Waals surface area contributed by atoms with Crippen molar-refractivity contribution in [3.63, 3.8) is 0 Å². The predicted molar refractivity (Wildman–Crippen MR) is 65.0 cm³/mol. The van der Waals surface area contributed by atoms with Crippen molar-refractivity contribution >= 4 is 23.3 Å². The number of quaternary nitrogens is 1. The number of nitrogens with zero attached hydrogens (tertiary/aromatic N) is 1. The van der Waals surface area contributed by atoms with E-state index in [2.05, 4.69) is 21.9 Å². The molecule has 0 saturated heterocycles. The Morgan fingerprint density at radius 3 is 2.73 bits per heavy atom. The zero-order valence-electron chi connectivity index (χ0n) is 8.74. The van der Waals surface area contributed by atoms with E-state index in [4.69, 9.17) is 10.1 Å². The fourth-order valence-corrected chi connectivity index (χ4v) is 1.87. The molecule has 0 radical (unpaired) electrons. The molecule has 15 heavy (non-hydrogen) atoms. The van der Waals surface area contributed by atoms with Crippen LogP contribution in [0.15, 0.2) is 30.3 Å². The molecule has 1 atom stereocenters. The summed E-state index contributed by atoms with van der Waals surface area (Å²) in [4.78, 5) is 6.60. The van der Waals surface area contributed by atoms with Crippen molar-refractivity contribution in [1.82, 2.24) is 0 Å². The molecule has 1 aromatic rings. The lowest BCUT2D eigenvalue weighted by Crippen LogP contribution is -3.13. The van der Waals surface area contributed by atoms with E-state index in [1.54, 1.807) is 0 Å². The second-order valence-electron chi connectivity index (χ2n) is 3.39. The molecule has 0 heterocycles. The minimum Gasteiger partial charge on any atom is -0.364 e. The monoisotopic (exact) mass is 268 g/mol. The number of rotatable bonds is 6. The van der Waals surface area contributed by atoms with Gasteiger partial charge in [-0.25, -0.2) is 10.1 Å². The van der Waals surface area contributed by atoms with E-state index in [0.29, 0.717) is 6.61 Å². The molecular formula is C10H14BBrN2O. The third kappa shape index (κ3) is 4.98. The largest absolute Gasteiger partial charge is 0.364 e. The van der Waals surface area contributed by atoms with Crippen LogP contribution in [0.2, 0.25) is 0 Å². The van der Waals surface area contributed by atoms with Gasteiger partial charge in [-0.3, -0.25) is 0 Å². The SMILES string of the molecule is N#C[BH2-][NH+](CCBr)OCc1ccccc1. The molecule has 3 nitrogen and oxygen atoms in total. The van der Waals surface area contributed by atoms with Gasteiger partial charge in [0.15, 0.2) is 0 Å². The van der Waals surface area contributed by atoms with Gasteiger partial charge in [0.05, 0.1) is 11.9 Å². The lowest BCUT2D eigenvalue weighted by molar-refractivity contribution is -1.00. The first-order chi connectivity index (χ1) is 7.36. The van der Waals surface area contributed by atoms with Gasteiger partial charge < -0.3 is 4.97 Å². The minimum absolute atomic E-state index is 0.578. The first kappa shape index (κ1) is 12.2. The molecule has 80 valence electrons. The van der Waals surface area contributed by atoms with Gasteiger partial charge in [0, 0.05) is 0 Å². The standard InChI is InChI=1S/C10H14BBrN2O/c12-6-7-14(11-9-13)15-8-10-4-2-1-3-5-10/h1-5,14H,6-8,11H2. The minimum atomic E-state index is -0.702. The van der Waals surface area contributed by atoms with Gasteiger partial charge in [0.1, 0.15) is 6.61 Å². The Hall–Kier alpha value is -0.825. The molecule has 0 fully saturated rings. The van der Waals surface area contributed by atoms with Gasteiger partial charge >= 0.3 is 7.41 Å². The fraction of sp³-hybridized carbons (Fsp3) is 0.300. The lowest BCUT2D eigenvalue weighted by atomic mass is 9.98. The quantitative estimate of drug-likeness (QED) is 0.447. The molecule has 0 aromatic heterocycles.